The fraction of sp³-hybridized carbons (Fsp3) is 0.667. The van der Waals surface area contributed by atoms with Crippen molar-refractivity contribution in [3.8, 4) is 0 Å². The SMILES string of the molecule is Cc1cc(C(NN)C2CCC(C)CC2)cc(C)n1. The van der Waals surface area contributed by atoms with Gasteiger partial charge in [0.1, 0.15) is 0 Å². The Hall–Kier alpha value is -0.930. The Kier molecular flexibility index (Phi) is 4.36. The zero-order chi connectivity index (χ0) is 13.1. The second-order valence-corrected chi connectivity index (χ2v) is 5.85. The number of hydrogen-bond donors (Lipinski definition) is 2. The second-order valence-electron chi connectivity index (χ2n) is 5.85. The van der Waals surface area contributed by atoms with Crippen LogP contribution in [0.25, 0.3) is 0 Å². The van der Waals surface area contributed by atoms with Crippen molar-refractivity contribution in [2.75, 3.05) is 0 Å². The first-order chi connectivity index (χ1) is 8.60. The number of pyridine rings is 1. The lowest BCUT2D eigenvalue weighted by Crippen LogP contribution is -2.35. The Bertz CT molecular complexity index is 374. The highest BCUT2D eigenvalue weighted by atomic mass is 15.2. The Balaban J connectivity index is 2.17. The monoisotopic (exact) mass is 247 g/mol. The number of aromatic nitrogens is 1. The average Bonchev–Trinajstić information content (AvgIpc) is 2.31. The van der Waals surface area contributed by atoms with Crippen LogP contribution in [0.4, 0.5) is 0 Å². The summed E-state index contributed by atoms with van der Waals surface area (Å²) in [7, 11) is 0. The average molecular weight is 247 g/mol. The second kappa shape index (κ2) is 5.81. The minimum absolute atomic E-state index is 0.276. The molecule has 0 amide bonds. The Morgan fingerprint density at radius 3 is 2.22 bits per heavy atom. The topological polar surface area (TPSA) is 50.9 Å². The molecule has 0 bridgehead atoms. The molecule has 0 spiro atoms. The van der Waals surface area contributed by atoms with E-state index in [1.165, 1.54) is 31.2 Å². The maximum atomic E-state index is 5.80. The summed E-state index contributed by atoms with van der Waals surface area (Å²) >= 11 is 0. The van der Waals surface area contributed by atoms with E-state index in [0.29, 0.717) is 5.92 Å². The van der Waals surface area contributed by atoms with E-state index in [-0.39, 0.29) is 6.04 Å². The van der Waals surface area contributed by atoms with Gasteiger partial charge in [-0.25, -0.2) is 0 Å². The van der Waals surface area contributed by atoms with Gasteiger partial charge in [-0.05, 0) is 56.2 Å². The van der Waals surface area contributed by atoms with Crippen molar-refractivity contribution in [3.05, 3.63) is 29.1 Å². The van der Waals surface area contributed by atoms with Crippen LogP contribution in [-0.2, 0) is 0 Å². The maximum absolute atomic E-state index is 5.80. The molecule has 1 atom stereocenters. The van der Waals surface area contributed by atoms with Gasteiger partial charge in [0.15, 0.2) is 0 Å². The number of rotatable bonds is 3. The third-order valence-electron chi connectivity index (χ3n) is 4.17. The molecule has 0 radical (unpaired) electrons. The van der Waals surface area contributed by atoms with Gasteiger partial charge in [0.25, 0.3) is 0 Å². The predicted octanol–water partition coefficient (Wildman–Crippen LogP) is 3.03. The van der Waals surface area contributed by atoms with Crippen LogP contribution in [0, 0.1) is 25.7 Å². The molecule has 1 aliphatic carbocycles. The molecule has 1 aromatic rings. The van der Waals surface area contributed by atoms with E-state index in [2.05, 4.69) is 29.5 Å². The highest BCUT2D eigenvalue weighted by molar-refractivity contribution is 5.24. The van der Waals surface area contributed by atoms with Gasteiger partial charge < -0.3 is 0 Å². The molecule has 0 saturated heterocycles. The smallest absolute Gasteiger partial charge is 0.0489 e. The molecule has 1 aromatic heterocycles. The lowest BCUT2D eigenvalue weighted by atomic mass is 9.77. The van der Waals surface area contributed by atoms with Gasteiger partial charge >= 0.3 is 0 Å². The number of hydrazine groups is 1. The predicted molar refractivity (Wildman–Crippen MR) is 74.9 cm³/mol. The van der Waals surface area contributed by atoms with Crippen molar-refractivity contribution in [1.29, 1.82) is 0 Å². The Morgan fingerprint density at radius 1 is 1.17 bits per heavy atom. The summed E-state index contributed by atoms with van der Waals surface area (Å²) in [5.74, 6) is 7.34. The molecule has 18 heavy (non-hydrogen) atoms. The van der Waals surface area contributed by atoms with Crippen LogP contribution in [-0.4, -0.2) is 4.98 Å². The number of aryl methyl sites for hydroxylation is 2. The van der Waals surface area contributed by atoms with Gasteiger partial charge in [-0.1, -0.05) is 19.8 Å². The van der Waals surface area contributed by atoms with Crippen molar-refractivity contribution in [2.24, 2.45) is 17.7 Å². The van der Waals surface area contributed by atoms with Crippen LogP contribution >= 0.6 is 0 Å². The van der Waals surface area contributed by atoms with Crippen LogP contribution < -0.4 is 11.3 Å². The van der Waals surface area contributed by atoms with Gasteiger partial charge in [0.2, 0.25) is 0 Å². The minimum Gasteiger partial charge on any atom is -0.271 e. The summed E-state index contributed by atoms with van der Waals surface area (Å²) < 4.78 is 0. The van der Waals surface area contributed by atoms with Gasteiger partial charge in [0, 0.05) is 17.4 Å². The van der Waals surface area contributed by atoms with Crippen LogP contribution in [0.3, 0.4) is 0 Å². The van der Waals surface area contributed by atoms with Crippen LogP contribution in [0.1, 0.15) is 55.6 Å². The summed E-state index contributed by atoms with van der Waals surface area (Å²) in [6.07, 6.45) is 5.20. The molecule has 2 rings (SSSR count). The molecule has 1 unspecified atom stereocenters. The molecule has 1 fully saturated rings. The fourth-order valence-corrected chi connectivity index (χ4v) is 3.17. The Labute approximate surface area is 110 Å². The molecular formula is C15H25N3. The van der Waals surface area contributed by atoms with Crippen molar-refractivity contribution < 1.29 is 0 Å². The van der Waals surface area contributed by atoms with E-state index in [0.717, 1.165) is 17.3 Å². The summed E-state index contributed by atoms with van der Waals surface area (Å²) in [5.41, 5.74) is 6.48. The number of nitrogens with two attached hydrogens (primary N) is 1. The minimum atomic E-state index is 0.276. The van der Waals surface area contributed by atoms with Gasteiger partial charge in [-0.15, -0.1) is 0 Å². The lowest BCUT2D eigenvalue weighted by molar-refractivity contribution is 0.232. The zero-order valence-corrected chi connectivity index (χ0v) is 11.7. The molecule has 3 N–H and O–H groups in total. The molecule has 1 heterocycles. The van der Waals surface area contributed by atoms with E-state index in [9.17, 15) is 0 Å². The van der Waals surface area contributed by atoms with E-state index in [1.54, 1.807) is 0 Å². The third-order valence-corrected chi connectivity index (χ3v) is 4.17. The molecule has 3 nitrogen and oxygen atoms in total. The third kappa shape index (κ3) is 3.09. The lowest BCUT2D eigenvalue weighted by Gasteiger charge is -2.32. The summed E-state index contributed by atoms with van der Waals surface area (Å²) in [6.45, 7) is 6.45. The molecule has 3 heteroatoms. The summed E-state index contributed by atoms with van der Waals surface area (Å²) in [6, 6.07) is 4.60. The molecule has 100 valence electrons. The van der Waals surface area contributed by atoms with E-state index >= 15 is 0 Å². The fourth-order valence-electron chi connectivity index (χ4n) is 3.17. The first-order valence-corrected chi connectivity index (χ1v) is 7.01. The van der Waals surface area contributed by atoms with Crippen molar-refractivity contribution in [3.63, 3.8) is 0 Å². The largest absolute Gasteiger partial charge is 0.271 e. The van der Waals surface area contributed by atoms with Crippen molar-refractivity contribution in [2.45, 2.75) is 52.5 Å². The zero-order valence-electron chi connectivity index (χ0n) is 11.7. The van der Waals surface area contributed by atoms with E-state index in [4.69, 9.17) is 5.84 Å². The number of nitrogens with zero attached hydrogens (tertiary/aromatic N) is 1. The summed E-state index contributed by atoms with van der Waals surface area (Å²) in [4.78, 5) is 4.44. The maximum Gasteiger partial charge on any atom is 0.0489 e. The van der Waals surface area contributed by atoms with Crippen LogP contribution in [0.15, 0.2) is 12.1 Å². The van der Waals surface area contributed by atoms with Crippen molar-refractivity contribution in [1.82, 2.24) is 10.4 Å². The first kappa shape index (κ1) is 13.5. The van der Waals surface area contributed by atoms with Crippen LogP contribution in [0.2, 0.25) is 0 Å². The van der Waals surface area contributed by atoms with Gasteiger partial charge in [-0.3, -0.25) is 16.3 Å². The molecule has 0 aromatic carbocycles. The number of hydrogen-bond acceptors (Lipinski definition) is 3. The standard InChI is InChI=1S/C15H25N3/c1-10-4-6-13(7-5-10)15(18-16)14-8-11(2)17-12(3)9-14/h8-10,13,15,18H,4-7,16H2,1-3H3. The molecule has 1 saturated carbocycles. The molecule has 1 aliphatic rings. The highest BCUT2D eigenvalue weighted by Crippen LogP contribution is 2.36. The molecule has 0 aliphatic heterocycles. The number of nitrogens with one attached hydrogen (secondary N) is 1. The normalized spacial score (nSPS) is 26.0. The van der Waals surface area contributed by atoms with E-state index < -0.39 is 0 Å². The van der Waals surface area contributed by atoms with Crippen LogP contribution in [0.5, 0.6) is 0 Å². The van der Waals surface area contributed by atoms with Gasteiger partial charge in [-0.2, -0.15) is 0 Å². The van der Waals surface area contributed by atoms with Crippen molar-refractivity contribution >= 4 is 0 Å². The van der Waals surface area contributed by atoms with E-state index in [1.807, 2.05) is 13.8 Å². The quantitative estimate of drug-likeness (QED) is 0.637. The Morgan fingerprint density at radius 2 is 1.72 bits per heavy atom. The summed E-state index contributed by atoms with van der Waals surface area (Å²) in [5, 5.41) is 0. The van der Waals surface area contributed by atoms with Gasteiger partial charge in [0.05, 0.1) is 0 Å². The first-order valence-electron chi connectivity index (χ1n) is 7.01. The highest BCUT2D eigenvalue weighted by Gasteiger charge is 2.26. The molecular weight excluding hydrogens is 222 g/mol.